The van der Waals surface area contributed by atoms with E-state index < -0.39 is 6.04 Å². The summed E-state index contributed by atoms with van der Waals surface area (Å²) in [4.78, 5) is 13.8. The number of aliphatic imine (C=N–C) groups is 1. The maximum Gasteiger partial charge on any atom is 0.141 e. The molecule has 0 radical (unpaired) electrons. The first kappa shape index (κ1) is 22.0. The van der Waals surface area contributed by atoms with Crippen molar-refractivity contribution in [2.45, 2.75) is 19.4 Å². The molecule has 174 valence electrons. The van der Waals surface area contributed by atoms with Gasteiger partial charge in [0.1, 0.15) is 29.4 Å². The summed E-state index contributed by atoms with van der Waals surface area (Å²) in [7, 11) is 0. The van der Waals surface area contributed by atoms with Gasteiger partial charge < -0.3 is 0 Å². The average Bonchev–Trinajstić information content (AvgIpc) is 3.44. The Morgan fingerprint density at radius 1 is 1.03 bits per heavy atom. The number of para-hydroxylation sites is 1. The lowest BCUT2D eigenvalue weighted by molar-refractivity contribution is 0.810. The van der Waals surface area contributed by atoms with Gasteiger partial charge in [0, 0.05) is 23.4 Å². The number of hydrogen-bond acceptors (Lipinski definition) is 5. The largest absolute Gasteiger partial charge is 0.293 e. The van der Waals surface area contributed by atoms with Crippen LogP contribution < -0.4 is 0 Å². The Morgan fingerprint density at radius 2 is 1.84 bits per heavy atom. The number of pyridine rings is 2. The maximum absolute atomic E-state index is 9.46. The number of terminal acetylenes is 1. The van der Waals surface area contributed by atoms with Gasteiger partial charge in [-0.15, -0.1) is 6.42 Å². The molecule has 0 saturated heterocycles. The number of nitriles is 2. The molecule has 0 N–H and O–H groups in total. The summed E-state index contributed by atoms with van der Waals surface area (Å²) >= 11 is 0. The van der Waals surface area contributed by atoms with Gasteiger partial charge in [-0.2, -0.15) is 10.5 Å². The van der Waals surface area contributed by atoms with E-state index in [1.165, 1.54) is 0 Å². The first-order valence-electron chi connectivity index (χ1n) is 11.7. The molecule has 7 heteroatoms. The molecular weight excluding hydrogens is 458 g/mol. The van der Waals surface area contributed by atoms with Gasteiger partial charge in [0.15, 0.2) is 0 Å². The normalized spacial score (nSPS) is 14.5. The lowest BCUT2D eigenvalue weighted by Gasteiger charge is -2.15. The number of benzene rings is 1. The Hall–Kier alpha value is -5.45. The van der Waals surface area contributed by atoms with Crippen molar-refractivity contribution in [1.82, 2.24) is 19.1 Å². The second kappa shape index (κ2) is 8.64. The third-order valence-corrected chi connectivity index (χ3v) is 6.59. The van der Waals surface area contributed by atoms with E-state index in [1.54, 1.807) is 18.5 Å². The summed E-state index contributed by atoms with van der Waals surface area (Å²) in [5, 5.41) is 20.7. The molecule has 0 amide bonds. The summed E-state index contributed by atoms with van der Waals surface area (Å²) in [6.07, 6.45) is 13.8. The van der Waals surface area contributed by atoms with Gasteiger partial charge in [-0.25, -0.2) is 9.97 Å². The molecule has 37 heavy (non-hydrogen) atoms. The Labute approximate surface area is 213 Å². The van der Waals surface area contributed by atoms with Gasteiger partial charge in [0.25, 0.3) is 0 Å². The lowest BCUT2D eigenvalue weighted by Crippen LogP contribution is -2.15. The van der Waals surface area contributed by atoms with E-state index in [2.05, 4.69) is 44.7 Å². The van der Waals surface area contributed by atoms with Crippen molar-refractivity contribution in [2.75, 3.05) is 0 Å². The van der Waals surface area contributed by atoms with Crippen LogP contribution in [0.2, 0.25) is 0 Å². The molecule has 6 rings (SSSR count). The maximum atomic E-state index is 9.46. The van der Waals surface area contributed by atoms with Crippen molar-refractivity contribution in [1.29, 1.82) is 10.5 Å². The van der Waals surface area contributed by atoms with E-state index in [9.17, 15) is 10.5 Å². The first-order valence-corrected chi connectivity index (χ1v) is 11.7. The Kier molecular flexibility index (Phi) is 5.15. The fraction of sp³-hybridized carbons (Fsp3) is 0.100. The van der Waals surface area contributed by atoms with Crippen molar-refractivity contribution in [2.24, 2.45) is 4.99 Å². The van der Waals surface area contributed by atoms with Crippen LogP contribution in [0.3, 0.4) is 0 Å². The molecular formula is C30H19N7. The van der Waals surface area contributed by atoms with Gasteiger partial charge >= 0.3 is 0 Å². The van der Waals surface area contributed by atoms with E-state index in [1.807, 2.05) is 54.0 Å². The predicted octanol–water partition coefficient (Wildman–Crippen LogP) is 5.12. The van der Waals surface area contributed by atoms with Crippen molar-refractivity contribution >= 4 is 34.1 Å². The van der Waals surface area contributed by atoms with E-state index in [0.29, 0.717) is 29.3 Å². The van der Waals surface area contributed by atoms with Gasteiger partial charge in [-0.05, 0) is 42.8 Å². The molecule has 1 aliphatic heterocycles. The molecule has 5 aromatic rings. The molecule has 7 nitrogen and oxygen atoms in total. The van der Waals surface area contributed by atoms with E-state index in [-0.39, 0.29) is 0 Å². The highest BCUT2D eigenvalue weighted by Crippen LogP contribution is 2.33. The van der Waals surface area contributed by atoms with E-state index in [4.69, 9.17) is 11.4 Å². The van der Waals surface area contributed by atoms with Crippen LogP contribution in [0.15, 0.2) is 65.8 Å². The molecule has 0 fully saturated rings. The standard InChI is InChI=1S/C30H19N7/c1-3-8-25-21(4-2)23-13-19(15-31)33-17-27(23)36(25)29-11-7-12-30(35-29)37-26-10-6-5-9-22(26)24-14-20(16-32)34-18-28(24)37/h2-3,5-13,17-18,20H,14H2,1H3/b8-3-. The van der Waals surface area contributed by atoms with Gasteiger partial charge in [-0.1, -0.05) is 36.3 Å². The van der Waals surface area contributed by atoms with Crippen LogP contribution >= 0.6 is 0 Å². The minimum atomic E-state index is -0.395. The molecule has 0 spiro atoms. The zero-order chi connectivity index (χ0) is 25.5. The minimum absolute atomic E-state index is 0.301. The second-order valence-electron chi connectivity index (χ2n) is 8.64. The Morgan fingerprint density at radius 3 is 2.59 bits per heavy atom. The predicted molar refractivity (Wildman–Crippen MR) is 144 cm³/mol. The highest BCUT2D eigenvalue weighted by molar-refractivity contribution is 5.97. The highest BCUT2D eigenvalue weighted by atomic mass is 15.1. The summed E-state index contributed by atoms with van der Waals surface area (Å²) < 4.78 is 4.06. The molecule has 1 aliphatic rings. The average molecular weight is 478 g/mol. The number of allylic oxidation sites excluding steroid dienone is 1. The third-order valence-electron chi connectivity index (χ3n) is 6.59. The van der Waals surface area contributed by atoms with Gasteiger partial charge in [0.2, 0.25) is 0 Å². The molecule has 0 saturated carbocycles. The molecule has 5 heterocycles. The van der Waals surface area contributed by atoms with Crippen molar-refractivity contribution in [3.05, 3.63) is 89.0 Å². The van der Waals surface area contributed by atoms with E-state index >= 15 is 0 Å². The fourth-order valence-electron chi connectivity index (χ4n) is 5.05. The van der Waals surface area contributed by atoms with Crippen LogP contribution in [0.5, 0.6) is 0 Å². The van der Waals surface area contributed by atoms with Crippen LogP contribution in [0.1, 0.15) is 35.1 Å². The topological polar surface area (TPSA) is 95.6 Å². The number of rotatable bonds is 3. The van der Waals surface area contributed by atoms with Crippen LogP contribution in [0.4, 0.5) is 0 Å². The molecule has 1 aromatic carbocycles. The van der Waals surface area contributed by atoms with Crippen LogP contribution in [0.25, 0.3) is 39.5 Å². The molecule has 1 unspecified atom stereocenters. The zero-order valence-electron chi connectivity index (χ0n) is 19.9. The second-order valence-corrected chi connectivity index (χ2v) is 8.64. The molecule has 0 bridgehead atoms. The molecule has 1 atom stereocenters. The first-order chi connectivity index (χ1) is 18.2. The van der Waals surface area contributed by atoms with Crippen LogP contribution in [-0.4, -0.2) is 31.4 Å². The Bertz CT molecular complexity index is 1910. The highest BCUT2D eigenvalue weighted by Gasteiger charge is 2.24. The van der Waals surface area contributed by atoms with Gasteiger partial charge in [-0.3, -0.25) is 14.1 Å². The lowest BCUT2D eigenvalue weighted by atomic mass is 10.0. The monoisotopic (exact) mass is 477 g/mol. The number of nitrogens with zero attached hydrogens (tertiary/aromatic N) is 7. The van der Waals surface area contributed by atoms with Crippen LogP contribution in [-0.2, 0) is 6.42 Å². The fourth-order valence-corrected chi connectivity index (χ4v) is 5.05. The van der Waals surface area contributed by atoms with E-state index in [0.717, 1.165) is 38.8 Å². The summed E-state index contributed by atoms with van der Waals surface area (Å²) in [5.41, 5.74) is 5.55. The minimum Gasteiger partial charge on any atom is -0.293 e. The Balaban J connectivity index is 1.63. The summed E-state index contributed by atoms with van der Waals surface area (Å²) in [5.74, 6) is 4.18. The number of aromatic nitrogens is 4. The van der Waals surface area contributed by atoms with Crippen molar-refractivity contribution in [3.63, 3.8) is 0 Å². The summed E-state index contributed by atoms with van der Waals surface area (Å²) in [6, 6.07) is 19.6. The molecule has 0 aliphatic carbocycles. The summed E-state index contributed by atoms with van der Waals surface area (Å²) in [6.45, 7) is 1.93. The quantitative estimate of drug-likeness (QED) is 0.337. The zero-order valence-corrected chi connectivity index (χ0v) is 19.9. The van der Waals surface area contributed by atoms with Gasteiger partial charge in [0.05, 0.1) is 40.3 Å². The SMILES string of the molecule is C#Cc1c(/C=C\C)n(-c2cccc(-n3c4c(c5ccccc53)CC(C#N)N=C4)n2)c2cnc(C#N)cc12. The molecule has 4 aromatic heterocycles. The van der Waals surface area contributed by atoms with Crippen molar-refractivity contribution in [3.8, 4) is 36.1 Å². The number of hydrogen-bond donors (Lipinski definition) is 0. The van der Waals surface area contributed by atoms with Crippen molar-refractivity contribution < 1.29 is 0 Å². The van der Waals surface area contributed by atoms with Crippen LogP contribution in [0, 0.1) is 35.0 Å². The third kappa shape index (κ3) is 3.32. The smallest absolute Gasteiger partial charge is 0.141 e. The number of fused-ring (bicyclic) bond motifs is 4.